The minimum atomic E-state index is -0.943. The molecular formula is C23H27N3O6. The number of aliphatic hydroxyl groups excluding tert-OH is 1. The summed E-state index contributed by atoms with van der Waals surface area (Å²) in [5, 5.41) is 13.3. The first-order valence-electron chi connectivity index (χ1n) is 10.2. The standard InChI is InChI=1S/C23H27N3O6/c1-15-6-4-7-17-21(15)25-14-26(23(17)29)11-10-20(28)24-12-16(27)13-32-22-18(30-2)8-5-9-19(22)31-3/h4-9,14,16,27H,10-13H2,1-3H3,(H,24,28). The van der Waals surface area contributed by atoms with Crippen LogP contribution in [0.1, 0.15) is 12.0 Å². The van der Waals surface area contributed by atoms with Crippen molar-refractivity contribution < 1.29 is 24.1 Å². The van der Waals surface area contributed by atoms with Crippen LogP contribution >= 0.6 is 0 Å². The van der Waals surface area contributed by atoms with Gasteiger partial charge in [0.25, 0.3) is 5.56 Å². The molecule has 0 aliphatic carbocycles. The van der Waals surface area contributed by atoms with Gasteiger partial charge in [0.1, 0.15) is 12.7 Å². The summed E-state index contributed by atoms with van der Waals surface area (Å²) in [6.07, 6.45) is 0.586. The van der Waals surface area contributed by atoms with Crippen LogP contribution in [0.4, 0.5) is 0 Å². The summed E-state index contributed by atoms with van der Waals surface area (Å²) in [6.45, 7) is 2.02. The van der Waals surface area contributed by atoms with Crippen molar-refractivity contribution in [1.82, 2.24) is 14.9 Å². The summed E-state index contributed by atoms with van der Waals surface area (Å²) in [5.41, 5.74) is 1.39. The number of carbonyl (C=O) groups excluding carboxylic acids is 1. The van der Waals surface area contributed by atoms with Gasteiger partial charge in [-0.25, -0.2) is 4.98 Å². The molecule has 3 aromatic rings. The van der Waals surface area contributed by atoms with Gasteiger partial charge in [-0.15, -0.1) is 0 Å². The molecule has 1 atom stereocenters. The number of nitrogens with zero attached hydrogens (tertiary/aromatic N) is 2. The van der Waals surface area contributed by atoms with Crippen molar-refractivity contribution in [2.24, 2.45) is 0 Å². The largest absolute Gasteiger partial charge is 0.493 e. The number of amides is 1. The molecule has 0 fully saturated rings. The molecule has 1 aromatic heterocycles. The average Bonchev–Trinajstić information content (AvgIpc) is 2.81. The van der Waals surface area contributed by atoms with Crippen molar-refractivity contribution in [2.75, 3.05) is 27.4 Å². The van der Waals surface area contributed by atoms with Gasteiger partial charge in [-0.2, -0.15) is 0 Å². The summed E-state index contributed by atoms with van der Waals surface area (Å²) < 4.78 is 17.5. The van der Waals surface area contributed by atoms with Gasteiger partial charge >= 0.3 is 0 Å². The molecule has 9 heteroatoms. The van der Waals surface area contributed by atoms with Crippen molar-refractivity contribution in [2.45, 2.75) is 26.0 Å². The first-order valence-corrected chi connectivity index (χ1v) is 10.2. The Morgan fingerprint density at radius 3 is 2.53 bits per heavy atom. The van der Waals surface area contributed by atoms with Gasteiger partial charge in [-0.3, -0.25) is 14.2 Å². The first kappa shape index (κ1) is 23.1. The summed E-state index contributed by atoms with van der Waals surface area (Å²) in [6, 6.07) is 10.6. The molecule has 32 heavy (non-hydrogen) atoms. The lowest BCUT2D eigenvalue weighted by Gasteiger charge is -2.17. The number of hydrogen-bond acceptors (Lipinski definition) is 7. The van der Waals surface area contributed by atoms with Crippen molar-refractivity contribution in [1.29, 1.82) is 0 Å². The van der Waals surface area contributed by atoms with E-state index in [0.29, 0.717) is 28.2 Å². The Labute approximate surface area is 185 Å². The van der Waals surface area contributed by atoms with Crippen LogP contribution in [0.2, 0.25) is 0 Å². The van der Waals surface area contributed by atoms with E-state index in [0.717, 1.165) is 5.56 Å². The second-order valence-corrected chi connectivity index (χ2v) is 7.22. The number of nitrogens with one attached hydrogen (secondary N) is 1. The van der Waals surface area contributed by atoms with E-state index in [9.17, 15) is 14.7 Å². The van der Waals surface area contributed by atoms with Gasteiger partial charge in [0.2, 0.25) is 11.7 Å². The number of fused-ring (bicyclic) bond motifs is 1. The van der Waals surface area contributed by atoms with Crippen LogP contribution < -0.4 is 25.1 Å². The summed E-state index contributed by atoms with van der Waals surface area (Å²) in [4.78, 5) is 29.1. The molecule has 9 nitrogen and oxygen atoms in total. The van der Waals surface area contributed by atoms with Gasteiger partial charge in [-0.1, -0.05) is 18.2 Å². The van der Waals surface area contributed by atoms with E-state index < -0.39 is 6.10 Å². The lowest BCUT2D eigenvalue weighted by Crippen LogP contribution is -2.36. The molecule has 1 amide bonds. The Morgan fingerprint density at radius 1 is 1.16 bits per heavy atom. The fraction of sp³-hybridized carbons (Fsp3) is 0.348. The van der Waals surface area contributed by atoms with E-state index in [-0.39, 0.29) is 37.6 Å². The third kappa shape index (κ3) is 5.36. The van der Waals surface area contributed by atoms with E-state index in [1.807, 2.05) is 19.1 Å². The van der Waals surface area contributed by atoms with Gasteiger partial charge in [0, 0.05) is 19.5 Å². The Bertz CT molecular complexity index is 1120. The first-order chi connectivity index (χ1) is 15.4. The van der Waals surface area contributed by atoms with E-state index in [4.69, 9.17) is 14.2 Å². The van der Waals surface area contributed by atoms with Crippen LogP contribution in [0.3, 0.4) is 0 Å². The summed E-state index contributed by atoms with van der Waals surface area (Å²) in [7, 11) is 3.02. The second-order valence-electron chi connectivity index (χ2n) is 7.22. The molecule has 3 rings (SSSR count). The number of methoxy groups -OCH3 is 2. The van der Waals surface area contributed by atoms with Crippen LogP contribution in [-0.4, -0.2) is 54.0 Å². The number of ether oxygens (including phenoxy) is 3. The van der Waals surface area contributed by atoms with Crippen LogP contribution in [-0.2, 0) is 11.3 Å². The molecule has 1 unspecified atom stereocenters. The zero-order valence-corrected chi connectivity index (χ0v) is 18.3. The SMILES string of the molecule is COc1cccc(OC)c1OCC(O)CNC(=O)CCn1cnc2c(C)cccc2c1=O. The van der Waals surface area contributed by atoms with Crippen molar-refractivity contribution in [3.63, 3.8) is 0 Å². The third-order valence-corrected chi connectivity index (χ3v) is 4.97. The molecule has 0 saturated carbocycles. The number of aryl methyl sites for hydroxylation is 2. The molecule has 0 bridgehead atoms. The molecular weight excluding hydrogens is 414 g/mol. The molecule has 2 N–H and O–H groups in total. The quantitative estimate of drug-likeness (QED) is 0.492. The maximum Gasteiger partial charge on any atom is 0.261 e. The van der Waals surface area contributed by atoms with Gasteiger partial charge < -0.3 is 24.6 Å². The monoisotopic (exact) mass is 441 g/mol. The van der Waals surface area contributed by atoms with E-state index >= 15 is 0 Å². The molecule has 0 aliphatic rings. The maximum atomic E-state index is 12.6. The number of benzene rings is 2. The minimum absolute atomic E-state index is 0.000359. The van der Waals surface area contributed by atoms with Crippen molar-refractivity contribution in [3.05, 3.63) is 58.6 Å². The zero-order valence-electron chi connectivity index (χ0n) is 18.3. The normalized spacial score (nSPS) is 11.8. The Hall–Kier alpha value is -3.59. The predicted octanol–water partition coefficient (Wildman–Crippen LogP) is 1.67. The number of aliphatic hydroxyl groups is 1. The predicted molar refractivity (Wildman–Crippen MR) is 119 cm³/mol. The molecule has 0 radical (unpaired) electrons. The van der Waals surface area contributed by atoms with Crippen molar-refractivity contribution >= 4 is 16.8 Å². The highest BCUT2D eigenvalue weighted by atomic mass is 16.5. The van der Waals surface area contributed by atoms with Gasteiger partial charge in [0.15, 0.2) is 11.5 Å². The fourth-order valence-electron chi connectivity index (χ4n) is 3.24. The number of carbonyl (C=O) groups is 1. The van der Waals surface area contributed by atoms with Gasteiger partial charge in [-0.05, 0) is 30.7 Å². The third-order valence-electron chi connectivity index (χ3n) is 4.97. The lowest BCUT2D eigenvalue weighted by molar-refractivity contribution is -0.121. The Balaban J connectivity index is 1.50. The number of rotatable bonds is 10. The highest BCUT2D eigenvalue weighted by Crippen LogP contribution is 2.36. The topological polar surface area (TPSA) is 112 Å². The average molecular weight is 441 g/mol. The maximum absolute atomic E-state index is 12.6. The zero-order chi connectivity index (χ0) is 23.1. The Morgan fingerprint density at radius 2 is 1.84 bits per heavy atom. The van der Waals surface area contributed by atoms with E-state index in [2.05, 4.69) is 10.3 Å². The fourth-order valence-corrected chi connectivity index (χ4v) is 3.24. The summed E-state index contributed by atoms with van der Waals surface area (Å²) >= 11 is 0. The van der Waals surface area contributed by atoms with E-state index in [1.54, 1.807) is 24.3 Å². The molecule has 2 aromatic carbocycles. The molecule has 0 aliphatic heterocycles. The second kappa shape index (κ2) is 10.6. The summed E-state index contributed by atoms with van der Waals surface area (Å²) in [5.74, 6) is 1.03. The number of para-hydroxylation sites is 2. The molecule has 1 heterocycles. The highest BCUT2D eigenvalue weighted by molar-refractivity contribution is 5.80. The van der Waals surface area contributed by atoms with E-state index in [1.165, 1.54) is 25.1 Å². The van der Waals surface area contributed by atoms with Crippen LogP contribution in [0.25, 0.3) is 10.9 Å². The molecule has 0 saturated heterocycles. The van der Waals surface area contributed by atoms with Crippen LogP contribution in [0.5, 0.6) is 17.2 Å². The lowest BCUT2D eigenvalue weighted by atomic mass is 10.1. The number of aromatic nitrogens is 2. The Kier molecular flexibility index (Phi) is 7.67. The van der Waals surface area contributed by atoms with Crippen molar-refractivity contribution in [3.8, 4) is 17.2 Å². The highest BCUT2D eigenvalue weighted by Gasteiger charge is 2.15. The molecule has 170 valence electrons. The van der Waals surface area contributed by atoms with Crippen LogP contribution in [0.15, 0.2) is 47.5 Å². The number of hydrogen-bond donors (Lipinski definition) is 2. The molecule has 0 spiro atoms. The minimum Gasteiger partial charge on any atom is -0.493 e. The van der Waals surface area contributed by atoms with Gasteiger partial charge in [0.05, 0.1) is 31.4 Å². The van der Waals surface area contributed by atoms with Crippen LogP contribution in [0, 0.1) is 6.92 Å². The smallest absolute Gasteiger partial charge is 0.261 e.